The van der Waals surface area contributed by atoms with Crippen LogP contribution < -0.4 is 19.5 Å². The first-order valence-corrected chi connectivity index (χ1v) is 9.96. The Kier molecular flexibility index (Phi) is 6.79. The number of nitrogens with one attached hydrogen (secondary N) is 2. The van der Waals surface area contributed by atoms with Gasteiger partial charge in [0.2, 0.25) is 15.9 Å². The van der Waals surface area contributed by atoms with Crippen LogP contribution in [0, 0.1) is 5.82 Å². The van der Waals surface area contributed by atoms with Crippen LogP contribution in [0.3, 0.4) is 0 Å². The van der Waals surface area contributed by atoms with Crippen molar-refractivity contribution in [3.05, 3.63) is 46.7 Å². The number of halogens is 2. The van der Waals surface area contributed by atoms with Crippen LogP contribution in [0.25, 0.3) is 0 Å². The molecule has 0 radical (unpaired) electrons. The zero-order valence-corrected chi connectivity index (χ0v) is 17.1. The molecule has 27 heavy (non-hydrogen) atoms. The van der Waals surface area contributed by atoms with Crippen LogP contribution in [0.15, 0.2) is 45.8 Å². The van der Waals surface area contributed by atoms with Gasteiger partial charge in [-0.05, 0) is 37.3 Å². The first-order valence-electron chi connectivity index (χ1n) is 7.68. The molecule has 0 aromatic heterocycles. The number of benzene rings is 2. The fourth-order valence-corrected chi connectivity index (χ4v) is 3.72. The monoisotopic (exact) mass is 460 g/mol. The number of methoxy groups -OCH3 is 2. The molecule has 10 heteroatoms. The Bertz CT molecular complexity index is 952. The Morgan fingerprint density at radius 1 is 1.11 bits per heavy atom. The number of amides is 1. The van der Waals surface area contributed by atoms with Crippen molar-refractivity contribution in [2.24, 2.45) is 0 Å². The Labute approximate surface area is 165 Å². The van der Waals surface area contributed by atoms with Crippen molar-refractivity contribution >= 4 is 37.5 Å². The molecule has 2 aromatic rings. The third-order valence-electron chi connectivity index (χ3n) is 3.58. The van der Waals surface area contributed by atoms with E-state index < -0.39 is 27.8 Å². The van der Waals surface area contributed by atoms with Gasteiger partial charge < -0.3 is 14.8 Å². The summed E-state index contributed by atoms with van der Waals surface area (Å²) in [7, 11) is -1.21. The predicted octanol–water partition coefficient (Wildman–Crippen LogP) is 2.91. The molecule has 146 valence electrons. The Morgan fingerprint density at radius 3 is 2.37 bits per heavy atom. The zero-order chi connectivity index (χ0) is 20.2. The van der Waals surface area contributed by atoms with E-state index in [1.165, 1.54) is 51.5 Å². The summed E-state index contributed by atoms with van der Waals surface area (Å²) in [6.45, 7) is 1.35. The van der Waals surface area contributed by atoms with Gasteiger partial charge in [-0.3, -0.25) is 4.79 Å². The highest BCUT2D eigenvalue weighted by atomic mass is 79.9. The Balaban J connectivity index is 2.15. The SMILES string of the molecule is COc1ccc(S(=O)(=O)N[C@@H](C)C(=O)Nc2ccc(Br)cc2F)cc1OC. The van der Waals surface area contributed by atoms with Gasteiger partial charge in [-0.25, -0.2) is 12.8 Å². The van der Waals surface area contributed by atoms with Crippen molar-refractivity contribution in [1.29, 1.82) is 0 Å². The van der Waals surface area contributed by atoms with Crippen molar-refractivity contribution in [1.82, 2.24) is 4.72 Å². The highest BCUT2D eigenvalue weighted by Crippen LogP contribution is 2.29. The van der Waals surface area contributed by atoms with E-state index in [1.807, 2.05) is 0 Å². The summed E-state index contributed by atoms with van der Waals surface area (Å²) >= 11 is 3.12. The second kappa shape index (κ2) is 8.68. The van der Waals surface area contributed by atoms with Crippen LogP contribution in [0.2, 0.25) is 0 Å². The van der Waals surface area contributed by atoms with Gasteiger partial charge in [-0.1, -0.05) is 15.9 Å². The van der Waals surface area contributed by atoms with Crippen LogP contribution >= 0.6 is 15.9 Å². The van der Waals surface area contributed by atoms with E-state index in [4.69, 9.17) is 9.47 Å². The molecule has 2 N–H and O–H groups in total. The van der Waals surface area contributed by atoms with Crippen molar-refractivity contribution in [3.63, 3.8) is 0 Å². The molecule has 1 atom stereocenters. The van der Waals surface area contributed by atoms with Crippen molar-refractivity contribution in [2.45, 2.75) is 17.9 Å². The van der Waals surface area contributed by atoms with Gasteiger partial charge in [0.05, 0.1) is 30.8 Å². The minimum atomic E-state index is -4.02. The van der Waals surface area contributed by atoms with Crippen LogP contribution in [0.1, 0.15) is 6.92 Å². The van der Waals surface area contributed by atoms with Gasteiger partial charge in [0.15, 0.2) is 11.5 Å². The third-order valence-corrected chi connectivity index (χ3v) is 5.61. The minimum absolute atomic E-state index is 0.0552. The molecule has 0 fully saturated rings. The highest BCUT2D eigenvalue weighted by molar-refractivity contribution is 9.10. The predicted molar refractivity (Wildman–Crippen MR) is 102 cm³/mol. The third kappa shape index (κ3) is 5.18. The molecule has 0 aliphatic heterocycles. The molecule has 1 amide bonds. The fourth-order valence-electron chi connectivity index (χ4n) is 2.17. The Hall–Kier alpha value is -2.17. The van der Waals surface area contributed by atoms with E-state index in [2.05, 4.69) is 26.0 Å². The first kappa shape index (κ1) is 21.1. The summed E-state index contributed by atoms with van der Waals surface area (Å²) < 4.78 is 51.8. The van der Waals surface area contributed by atoms with Crippen LogP contribution in [-0.2, 0) is 14.8 Å². The molecule has 0 unspecified atom stereocenters. The molecule has 2 rings (SSSR count). The summed E-state index contributed by atoms with van der Waals surface area (Å²) in [5.41, 5.74) is -0.0552. The lowest BCUT2D eigenvalue weighted by Crippen LogP contribution is -2.41. The van der Waals surface area contributed by atoms with E-state index in [1.54, 1.807) is 6.07 Å². The maximum absolute atomic E-state index is 13.8. The molecular formula is C17H18BrFN2O5S. The number of hydrogen-bond donors (Lipinski definition) is 2. The molecule has 0 saturated carbocycles. The number of anilines is 1. The smallest absolute Gasteiger partial charge is 0.242 e. The summed E-state index contributed by atoms with van der Waals surface area (Å²) in [6, 6.07) is 7.00. The molecule has 0 aliphatic rings. The normalized spacial score (nSPS) is 12.3. The van der Waals surface area contributed by atoms with Gasteiger partial charge in [0.25, 0.3) is 0 Å². The van der Waals surface area contributed by atoms with E-state index in [0.29, 0.717) is 10.2 Å². The summed E-state index contributed by atoms with van der Waals surface area (Å²) in [5, 5.41) is 2.35. The number of rotatable bonds is 7. The Morgan fingerprint density at radius 2 is 1.78 bits per heavy atom. The van der Waals surface area contributed by atoms with Crippen LogP contribution in [0.5, 0.6) is 11.5 Å². The largest absolute Gasteiger partial charge is 0.493 e. The number of ether oxygens (including phenoxy) is 2. The number of hydrogen-bond acceptors (Lipinski definition) is 5. The molecule has 0 heterocycles. The first-order chi connectivity index (χ1) is 12.7. The van der Waals surface area contributed by atoms with Crippen LogP contribution in [-0.4, -0.2) is 34.6 Å². The average Bonchev–Trinajstić information content (AvgIpc) is 2.62. The van der Waals surface area contributed by atoms with Gasteiger partial charge >= 0.3 is 0 Å². The van der Waals surface area contributed by atoms with Crippen molar-refractivity contribution < 1.29 is 27.1 Å². The standard InChI is InChI=1S/C17H18BrFN2O5S/c1-10(17(22)20-14-6-4-11(18)8-13(14)19)21-27(23,24)12-5-7-15(25-2)16(9-12)26-3/h4-10,21H,1-3H3,(H,20,22)/t10-/m0/s1. The number of carbonyl (C=O) groups is 1. The zero-order valence-electron chi connectivity index (χ0n) is 14.7. The molecule has 0 spiro atoms. The van der Waals surface area contributed by atoms with Gasteiger partial charge in [0.1, 0.15) is 5.82 Å². The number of carbonyl (C=O) groups excluding carboxylic acids is 1. The van der Waals surface area contributed by atoms with Gasteiger partial charge in [0, 0.05) is 10.5 Å². The molecule has 0 bridgehead atoms. The van der Waals surface area contributed by atoms with E-state index in [9.17, 15) is 17.6 Å². The van der Waals surface area contributed by atoms with Gasteiger partial charge in [-0.2, -0.15) is 4.72 Å². The summed E-state index contributed by atoms with van der Waals surface area (Å²) in [4.78, 5) is 12.1. The quantitative estimate of drug-likeness (QED) is 0.662. The molecular weight excluding hydrogens is 443 g/mol. The lowest BCUT2D eigenvalue weighted by molar-refractivity contribution is -0.117. The number of sulfonamides is 1. The highest BCUT2D eigenvalue weighted by Gasteiger charge is 2.24. The lowest BCUT2D eigenvalue weighted by atomic mass is 10.2. The van der Waals surface area contributed by atoms with Crippen molar-refractivity contribution in [3.8, 4) is 11.5 Å². The molecule has 0 aliphatic carbocycles. The minimum Gasteiger partial charge on any atom is -0.493 e. The fraction of sp³-hybridized carbons (Fsp3) is 0.235. The molecule has 0 saturated heterocycles. The lowest BCUT2D eigenvalue weighted by Gasteiger charge is -2.16. The van der Waals surface area contributed by atoms with E-state index in [0.717, 1.165) is 0 Å². The maximum atomic E-state index is 13.8. The molecule has 2 aromatic carbocycles. The maximum Gasteiger partial charge on any atom is 0.242 e. The summed E-state index contributed by atoms with van der Waals surface area (Å²) in [6.07, 6.45) is 0. The topological polar surface area (TPSA) is 93.7 Å². The van der Waals surface area contributed by atoms with E-state index >= 15 is 0 Å². The molecule has 7 nitrogen and oxygen atoms in total. The van der Waals surface area contributed by atoms with Crippen LogP contribution in [0.4, 0.5) is 10.1 Å². The van der Waals surface area contributed by atoms with Crippen molar-refractivity contribution in [2.75, 3.05) is 19.5 Å². The average molecular weight is 461 g/mol. The summed E-state index contributed by atoms with van der Waals surface area (Å²) in [5.74, 6) is -0.754. The van der Waals surface area contributed by atoms with Gasteiger partial charge in [-0.15, -0.1) is 0 Å². The second-order valence-electron chi connectivity index (χ2n) is 5.47. The second-order valence-corrected chi connectivity index (χ2v) is 8.10. The van der Waals surface area contributed by atoms with E-state index in [-0.39, 0.29) is 16.3 Å².